The topological polar surface area (TPSA) is 54.4 Å². The molecule has 2 atom stereocenters. The van der Waals surface area contributed by atoms with Gasteiger partial charge < -0.3 is 5.11 Å². The highest BCUT2D eigenvalue weighted by atomic mass is 32.2. The van der Waals surface area contributed by atoms with E-state index in [1.54, 1.807) is 0 Å². The largest absolute Gasteiger partial charge is 0.481 e. The van der Waals surface area contributed by atoms with Crippen molar-refractivity contribution in [2.45, 2.75) is 75.2 Å². The molecule has 134 valence electrons. The number of aliphatic carboxylic acids is 1. The molecule has 3 nitrogen and oxygen atoms in total. The second-order valence-corrected chi connectivity index (χ2v) is 7.59. The van der Waals surface area contributed by atoms with Crippen LogP contribution in [0.15, 0.2) is 36.5 Å². The molecule has 24 heavy (non-hydrogen) atoms. The van der Waals surface area contributed by atoms with Crippen LogP contribution in [-0.4, -0.2) is 27.4 Å². The van der Waals surface area contributed by atoms with Crippen LogP contribution >= 0.6 is 0 Å². The van der Waals surface area contributed by atoms with Gasteiger partial charge in [0, 0.05) is 24.6 Å². The van der Waals surface area contributed by atoms with Crippen LogP contribution in [0.2, 0.25) is 0 Å². The third kappa shape index (κ3) is 10.5. The van der Waals surface area contributed by atoms with Crippen LogP contribution in [0.4, 0.5) is 0 Å². The molecule has 0 aromatic carbocycles. The highest BCUT2D eigenvalue weighted by Gasteiger charge is 2.52. The van der Waals surface area contributed by atoms with Crippen molar-refractivity contribution < 1.29 is 14.7 Å². The van der Waals surface area contributed by atoms with E-state index >= 15 is 0 Å². The van der Waals surface area contributed by atoms with Crippen LogP contribution in [0.1, 0.15) is 64.7 Å². The van der Waals surface area contributed by atoms with Crippen LogP contribution in [0.25, 0.3) is 0 Å². The van der Waals surface area contributed by atoms with Gasteiger partial charge in [-0.1, -0.05) is 50.1 Å². The van der Waals surface area contributed by atoms with Crippen molar-refractivity contribution in [2.75, 3.05) is 0 Å². The second-order valence-electron chi connectivity index (χ2n) is 6.14. The number of rotatable bonds is 14. The molecule has 0 bridgehead atoms. The first-order valence-corrected chi connectivity index (χ1v) is 10.1. The molecule has 1 fully saturated rings. The van der Waals surface area contributed by atoms with Crippen molar-refractivity contribution in [3.8, 4) is 0 Å². The maximum Gasteiger partial charge on any atom is 0.303 e. The van der Waals surface area contributed by atoms with Crippen molar-refractivity contribution in [3.05, 3.63) is 36.5 Å². The first-order chi connectivity index (χ1) is 11.6. The Kier molecular flexibility index (Phi) is 11.3. The summed E-state index contributed by atoms with van der Waals surface area (Å²) in [5, 5.41) is 9.12. The third-order valence-corrected chi connectivity index (χ3v) is 5.29. The minimum Gasteiger partial charge on any atom is -0.481 e. The van der Waals surface area contributed by atoms with E-state index in [1.165, 1.54) is 37.4 Å². The summed E-state index contributed by atoms with van der Waals surface area (Å²) < 4.78 is 0. The molecule has 0 radical (unpaired) electrons. The Bertz CT molecular complexity index is 466. The molecular formula is C20H31O3S+. The van der Waals surface area contributed by atoms with Gasteiger partial charge in [0.1, 0.15) is 0 Å². The Morgan fingerprint density at radius 1 is 1.00 bits per heavy atom. The molecule has 4 heteroatoms. The van der Waals surface area contributed by atoms with E-state index in [2.05, 4.69) is 31.2 Å². The molecule has 1 rings (SSSR count). The number of hydrogen-bond donors (Lipinski definition) is 1. The van der Waals surface area contributed by atoms with Gasteiger partial charge in [-0.15, -0.1) is 0 Å². The molecule has 0 aliphatic carbocycles. The van der Waals surface area contributed by atoms with Crippen molar-refractivity contribution >= 4 is 23.5 Å². The zero-order valence-corrected chi connectivity index (χ0v) is 15.6. The summed E-state index contributed by atoms with van der Waals surface area (Å²) in [7, 11) is 0. The molecule has 1 heterocycles. The van der Waals surface area contributed by atoms with Crippen LogP contribution in [0, 0.1) is 0 Å². The van der Waals surface area contributed by atoms with Gasteiger partial charge in [-0.3, -0.25) is 9.59 Å². The van der Waals surface area contributed by atoms with E-state index in [1.807, 2.05) is 12.2 Å². The van der Waals surface area contributed by atoms with Gasteiger partial charge in [0.2, 0.25) is 5.25 Å². The number of Topliss-reactive ketones (excluding diaryl/α,β-unsaturated/α-hetero) is 1. The average molecular weight is 352 g/mol. The number of hydrogen-bond acceptors (Lipinski definition) is 2. The van der Waals surface area contributed by atoms with Crippen molar-refractivity contribution in [3.63, 3.8) is 0 Å². The summed E-state index contributed by atoms with van der Waals surface area (Å²) in [6.45, 7) is 2.22. The van der Waals surface area contributed by atoms with Crippen LogP contribution in [0.5, 0.6) is 0 Å². The normalized spacial score (nSPS) is 20.4. The van der Waals surface area contributed by atoms with E-state index < -0.39 is 5.97 Å². The van der Waals surface area contributed by atoms with Gasteiger partial charge in [0.05, 0.1) is 0 Å². The molecule has 0 aromatic heterocycles. The molecule has 1 N–H and O–H groups in total. The van der Waals surface area contributed by atoms with E-state index in [9.17, 15) is 9.59 Å². The molecule has 0 aromatic rings. The number of unbranched alkanes of at least 4 members (excludes halogenated alkanes) is 4. The number of carbonyl (C=O) groups is 2. The van der Waals surface area contributed by atoms with E-state index in [0.717, 1.165) is 12.8 Å². The minimum atomic E-state index is -0.762. The second kappa shape index (κ2) is 13.1. The fourth-order valence-corrected chi connectivity index (χ4v) is 3.43. The van der Waals surface area contributed by atoms with Gasteiger partial charge in [0.15, 0.2) is 11.0 Å². The molecule has 1 saturated heterocycles. The SMILES string of the molecule is CCCCC/C=C\C/C=C\[C@H]1[SH+][C@@H]1C(=O)C/C=C\CCCC(=O)O. The Morgan fingerprint density at radius 3 is 2.50 bits per heavy atom. The van der Waals surface area contributed by atoms with E-state index in [0.29, 0.717) is 23.9 Å². The Hall–Kier alpha value is -1.29. The van der Waals surface area contributed by atoms with Crippen molar-refractivity contribution in [1.82, 2.24) is 0 Å². The van der Waals surface area contributed by atoms with Crippen LogP contribution < -0.4 is 0 Å². The summed E-state index contributed by atoms with van der Waals surface area (Å²) in [6, 6.07) is 0. The summed E-state index contributed by atoms with van der Waals surface area (Å²) in [5.41, 5.74) is 0. The predicted molar refractivity (Wildman–Crippen MR) is 104 cm³/mol. The summed E-state index contributed by atoms with van der Waals surface area (Å²) >= 11 is 1.23. The molecule has 1 aliphatic heterocycles. The van der Waals surface area contributed by atoms with E-state index in [4.69, 9.17) is 5.11 Å². The predicted octanol–water partition coefficient (Wildman–Crippen LogP) is 4.41. The van der Waals surface area contributed by atoms with Gasteiger partial charge in [0.25, 0.3) is 0 Å². The highest BCUT2D eigenvalue weighted by molar-refractivity contribution is 7.89. The fourth-order valence-electron chi connectivity index (χ4n) is 2.40. The molecule has 0 spiro atoms. The number of thiol groups is 1. The standard InChI is InChI=1S/C20H30O3S/c1-2-3-4-5-6-7-8-12-15-18-20(24-18)17(21)14-11-9-10-13-16-19(22)23/h6-7,9,11-12,15,18,20H,2-5,8,10,13-14,16H2,1H3,(H,22,23)/p+1/b7-6-,11-9-,15-12-/t18-,20-/m1/s1. The fraction of sp³-hybridized carbons (Fsp3) is 0.600. The molecule has 0 saturated carbocycles. The van der Waals surface area contributed by atoms with Crippen LogP contribution in [-0.2, 0) is 21.4 Å². The minimum absolute atomic E-state index is 0.179. The maximum absolute atomic E-state index is 12.0. The molecule has 0 amide bonds. The number of ketones is 1. The van der Waals surface area contributed by atoms with Gasteiger partial charge in [-0.05, 0) is 38.2 Å². The lowest BCUT2D eigenvalue weighted by Crippen LogP contribution is -2.07. The average Bonchev–Trinajstić information content (AvgIpc) is 3.32. The lowest BCUT2D eigenvalue weighted by atomic mass is 10.1. The number of allylic oxidation sites excluding steroid dienone is 5. The first kappa shape index (κ1) is 20.8. The number of carbonyl (C=O) groups excluding carboxylic acids is 1. The lowest BCUT2D eigenvalue weighted by Gasteiger charge is -1.91. The Balaban J connectivity index is 2.05. The zero-order chi connectivity index (χ0) is 17.6. The quantitative estimate of drug-likeness (QED) is 0.166. The van der Waals surface area contributed by atoms with Crippen molar-refractivity contribution in [1.29, 1.82) is 0 Å². The summed E-state index contributed by atoms with van der Waals surface area (Å²) in [6.07, 6.45) is 20.6. The summed E-state index contributed by atoms with van der Waals surface area (Å²) in [5.74, 6) is -0.461. The highest BCUT2D eigenvalue weighted by Crippen LogP contribution is 2.27. The monoisotopic (exact) mass is 351 g/mol. The first-order valence-electron chi connectivity index (χ1n) is 9.06. The zero-order valence-electron chi connectivity index (χ0n) is 14.7. The lowest BCUT2D eigenvalue weighted by molar-refractivity contribution is -0.137. The van der Waals surface area contributed by atoms with E-state index in [-0.39, 0.29) is 11.7 Å². The van der Waals surface area contributed by atoms with Crippen molar-refractivity contribution in [2.24, 2.45) is 0 Å². The maximum atomic E-state index is 12.0. The van der Waals surface area contributed by atoms with Gasteiger partial charge in [-0.2, -0.15) is 0 Å². The summed E-state index contributed by atoms with van der Waals surface area (Å²) in [4.78, 5) is 22.4. The van der Waals surface area contributed by atoms with Gasteiger partial charge in [-0.25, -0.2) is 0 Å². The third-order valence-electron chi connectivity index (χ3n) is 3.89. The number of carboxylic acid groups (broad SMARTS) is 1. The molecule has 1 aliphatic rings. The Labute approximate surface area is 150 Å². The Morgan fingerprint density at radius 2 is 1.75 bits per heavy atom. The van der Waals surface area contributed by atoms with Crippen LogP contribution in [0.3, 0.4) is 0 Å². The number of carboxylic acids is 1. The smallest absolute Gasteiger partial charge is 0.303 e. The molecular weight excluding hydrogens is 320 g/mol. The van der Waals surface area contributed by atoms with Gasteiger partial charge >= 0.3 is 5.97 Å². The molecule has 0 unspecified atom stereocenters.